The number of nitriles is 1. The lowest BCUT2D eigenvalue weighted by atomic mass is 9.94. The molecule has 0 aliphatic carbocycles. The first kappa shape index (κ1) is 16.5. The van der Waals surface area contributed by atoms with E-state index in [1.807, 2.05) is 14.0 Å². The van der Waals surface area contributed by atoms with Crippen molar-refractivity contribution in [2.24, 2.45) is 5.92 Å². The summed E-state index contributed by atoms with van der Waals surface area (Å²) < 4.78 is 0. The van der Waals surface area contributed by atoms with E-state index in [2.05, 4.69) is 30.1 Å². The fourth-order valence-electron chi connectivity index (χ4n) is 3.25. The van der Waals surface area contributed by atoms with Gasteiger partial charge in [-0.2, -0.15) is 5.26 Å². The summed E-state index contributed by atoms with van der Waals surface area (Å²) in [5.41, 5.74) is -0.394. The smallest absolute Gasteiger partial charge is 0.105 e. The fraction of sp³-hybridized carbons (Fsp3) is 0.938. The van der Waals surface area contributed by atoms with Crippen LogP contribution in [0.2, 0.25) is 0 Å². The average Bonchev–Trinajstić information content (AvgIpc) is 2.65. The molecule has 1 aliphatic rings. The SMILES string of the molecule is CCCC1CCCN(C(C)CC(C)(C#N)NC)CC1. The van der Waals surface area contributed by atoms with E-state index in [9.17, 15) is 5.26 Å². The zero-order chi connectivity index (χ0) is 14.3. The summed E-state index contributed by atoms with van der Waals surface area (Å²) in [7, 11) is 1.88. The molecule has 1 saturated heterocycles. The van der Waals surface area contributed by atoms with Gasteiger partial charge in [-0.05, 0) is 65.6 Å². The molecule has 1 rings (SSSR count). The first-order valence-corrected chi connectivity index (χ1v) is 7.89. The van der Waals surface area contributed by atoms with Crippen molar-refractivity contribution < 1.29 is 0 Å². The van der Waals surface area contributed by atoms with Gasteiger partial charge in [0.2, 0.25) is 0 Å². The molecule has 0 radical (unpaired) electrons. The zero-order valence-electron chi connectivity index (χ0n) is 13.2. The van der Waals surface area contributed by atoms with Crippen molar-refractivity contribution in [1.29, 1.82) is 5.26 Å². The van der Waals surface area contributed by atoms with Crippen LogP contribution in [0.15, 0.2) is 0 Å². The third-order valence-corrected chi connectivity index (χ3v) is 4.70. The Morgan fingerprint density at radius 1 is 1.42 bits per heavy atom. The Labute approximate surface area is 119 Å². The summed E-state index contributed by atoms with van der Waals surface area (Å²) >= 11 is 0. The Morgan fingerprint density at radius 3 is 2.74 bits per heavy atom. The molecule has 0 aromatic heterocycles. The molecule has 3 unspecified atom stereocenters. The van der Waals surface area contributed by atoms with Crippen LogP contribution in [0, 0.1) is 17.2 Å². The van der Waals surface area contributed by atoms with Crippen LogP contribution in [0.1, 0.15) is 59.3 Å². The van der Waals surface area contributed by atoms with Gasteiger partial charge in [-0.15, -0.1) is 0 Å². The molecule has 0 aromatic rings. The van der Waals surface area contributed by atoms with Crippen molar-refractivity contribution in [2.75, 3.05) is 20.1 Å². The molecule has 0 saturated carbocycles. The van der Waals surface area contributed by atoms with Crippen LogP contribution >= 0.6 is 0 Å². The molecule has 0 spiro atoms. The van der Waals surface area contributed by atoms with Crippen LogP contribution in [0.4, 0.5) is 0 Å². The number of nitrogens with zero attached hydrogens (tertiary/aromatic N) is 2. The third-order valence-electron chi connectivity index (χ3n) is 4.70. The Morgan fingerprint density at radius 2 is 2.16 bits per heavy atom. The molecular weight excluding hydrogens is 234 g/mol. The summed E-state index contributed by atoms with van der Waals surface area (Å²) in [5, 5.41) is 12.4. The maximum Gasteiger partial charge on any atom is 0.105 e. The summed E-state index contributed by atoms with van der Waals surface area (Å²) in [4.78, 5) is 2.59. The zero-order valence-corrected chi connectivity index (χ0v) is 13.2. The molecule has 3 atom stereocenters. The molecular formula is C16H31N3. The molecule has 0 amide bonds. The number of hydrogen-bond donors (Lipinski definition) is 1. The highest BCUT2D eigenvalue weighted by atomic mass is 15.2. The molecule has 0 aromatic carbocycles. The van der Waals surface area contributed by atoms with Gasteiger partial charge in [-0.25, -0.2) is 0 Å². The van der Waals surface area contributed by atoms with Crippen molar-refractivity contribution >= 4 is 0 Å². The summed E-state index contributed by atoms with van der Waals surface area (Å²) in [6.07, 6.45) is 7.64. The van der Waals surface area contributed by atoms with E-state index in [-0.39, 0.29) is 0 Å². The van der Waals surface area contributed by atoms with E-state index >= 15 is 0 Å². The quantitative estimate of drug-likeness (QED) is 0.802. The minimum absolute atomic E-state index is 0.394. The summed E-state index contributed by atoms with van der Waals surface area (Å²) in [6, 6.07) is 2.89. The van der Waals surface area contributed by atoms with Crippen LogP contribution in [-0.2, 0) is 0 Å². The third kappa shape index (κ3) is 5.12. The van der Waals surface area contributed by atoms with Gasteiger partial charge in [0.25, 0.3) is 0 Å². The normalized spacial score (nSPS) is 26.2. The van der Waals surface area contributed by atoms with Gasteiger partial charge in [0.1, 0.15) is 5.54 Å². The first-order chi connectivity index (χ1) is 9.04. The lowest BCUT2D eigenvalue weighted by Gasteiger charge is -2.32. The number of hydrogen-bond acceptors (Lipinski definition) is 3. The van der Waals surface area contributed by atoms with Gasteiger partial charge >= 0.3 is 0 Å². The second kappa shape index (κ2) is 7.87. The van der Waals surface area contributed by atoms with E-state index < -0.39 is 5.54 Å². The topological polar surface area (TPSA) is 39.1 Å². The van der Waals surface area contributed by atoms with Crippen molar-refractivity contribution in [3.63, 3.8) is 0 Å². The number of rotatable bonds is 6. The van der Waals surface area contributed by atoms with Crippen LogP contribution < -0.4 is 5.32 Å². The Kier molecular flexibility index (Phi) is 6.82. The van der Waals surface area contributed by atoms with Crippen molar-refractivity contribution in [3.8, 4) is 6.07 Å². The van der Waals surface area contributed by atoms with Crippen LogP contribution in [0.3, 0.4) is 0 Å². The summed E-state index contributed by atoms with van der Waals surface area (Å²) in [5.74, 6) is 0.925. The number of likely N-dealkylation sites (tertiary alicyclic amines) is 1. The van der Waals surface area contributed by atoms with Crippen LogP contribution in [-0.4, -0.2) is 36.6 Å². The predicted octanol–water partition coefficient (Wildman–Crippen LogP) is 3.17. The van der Waals surface area contributed by atoms with Gasteiger partial charge in [-0.1, -0.05) is 19.8 Å². The van der Waals surface area contributed by atoms with E-state index in [0.717, 1.165) is 12.3 Å². The van der Waals surface area contributed by atoms with Crippen molar-refractivity contribution in [2.45, 2.75) is 70.9 Å². The van der Waals surface area contributed by atoms with Gasteiger partial charge in [0, 0.05) is 6.04 Å². The van der Waals surface area contributed by atoms with Crippen LogP contribution in [0.5, 0.6) is 0 Å². The molecule has 1 fully saturated rings. The molecule has 19 heavy (non-hydrogen) atoms. The molecule has 1 heterocycles. The highest BCUT2D eigenvalue weighted by Gasteiger charge is 2.28. The number of nitrogens with one attached hydrogen (secondary N) is 1. The van der Waals surface area contributed by atoms with E-state index in [0.29, 0.717) is 6.04 Å². The Hall–Kier alpha value is -0.590. The maximum absolute atomic E-state index is 9.27. The minimum Gasteiger partial charge on any atom is -0.303 e. The van der Waals surface area contributed by atoms with Crippen molar-refractivity contribution in [3.05, 3.63) is 0 Å². The summed E-state index contributed by atoms with van der Waals surface area (Å²) in [6.45, 7) is 8.97. The average molecular weight is 265 g/mol. The monoisotopic (exact) mass is 265 g/mol. The predicted molar refractivity (Wildman–Crippen MR) is 81.0 cm³/mol. The van der Waals surface area contributed by atoms with E-state index in [4.69, 9.17) is 0 Å². The highest BCUT2D eigenvalue weighted by molar-refractivity contribution is 5.04. The molecule has 1 N–H and O–H groups in total. The second-order valence-corrected chi connectivity index (χ2v) is 6.37. The fourth-order valence-corrected chi connectivity index (χ4v) is 3.25. The van der Waals surface area contributed by atoms with Crippen molar-refractivity contribution in [1.82, 2.24) is 10.2 Å². The largest absolute Gasteiger partial charge is 0.303 e. The molecule has 3 heteroatoms. The molecule has 3 nitrogen and oxygen atoms in total. The van der Waals surface area contributed by atoms with Gasteiger partial charge in [-0.3, -0.25) is 0 Å². The Balaban J connectivity index is 2.49. The standard InChI is InChI=1S/C16H31N3/c1-5-7-15-8-6-10-19(11-9-15)14(2)12-16(3,13-17)18-4/h14-15,18H,5-12H2,1-4H3. The first-order valence-electron chi connectivity index (χ1n) is 7.89. The van der Waals surface area contributed by atoms with Gasteiger partial charge < -0.3 is 10.2 Å². The molecule has 110 valence electrons. The van der Waals surface area contributed by atoms with Crippen LogP contribution in [0.25, 0.3) is 0 Å². The lowest BCUT2D eigenvalue weighted by Crippen LogP contribution is -2.46. The molecule has 0 bridgehead atoms. The Bertz CT molecular complexity index is 297. The maximum atomic E-state index is 9.27. The van der Waals surface area contributed by atoms with Gasteiger partial charge in [0.15, 0.2) is 0 Å². The minimum atomic E-state index is -0.394. The second-order valence-electron chi connectivity index (χ2n) is 6.37. The van der Waals surface area contributed by atoms with E-state index in [1.165, 1.54) is 45.2 Å². The lowest BCUT2D eigenvalue weighted by molar-refractivity contribution is 0.182. The van der Waals surface area contributed by atoms with E-state index in [1.54, 1.807) is 0 Å². The highest BCUT2D eigenvalue weighted by Crippen LogP contribution is 2.24. The molecule has 1 aliphatic heterocycles. The van der Waals surface area contributed by atoms with Gasteiger partial charge in [0.05, 0.1) is 6.07 Å².